The normalized spacial score (nSPS) is 6.67. The minimum Gasteiger partial charge on any atom is -0.372 e. The van der Waals surface area contributed by atoms with Crippen molar-refractivity contribution in [3.63, 3.8) is 0 Å². The van der Waals surface area contributed by atoms with Crippen molar-refractivity contribution in [2.45, 2.75) is 0 Å². The number of carbonyl (C=O) groups is 1. The van der Waals surface area contributed by atoms with E-state index in [0.29, 0.717) is 0 Å². The second-order valence-corrected chi connectivity index (χ2v) is 1.16. The molecule has 0 aliphatic heterocycles. The monoisotopic (exact) mass is 124 g/mol. The van der Waals surface area contributed by atoms with Crippen LogP contribution < -0.4 is 5.73 Å². The Hall–Kier alpha value is -1.38. The van der Waals surface area contributed by atoms with E-state index < -0.39 is 0 Å². The van der Waals surface area contributed by atoms with Gasteiger partial charge in [0.25, 0.3) is 0 Å². The van der Waals surface area contributed by atoms with Crippen LogP contribution in [-0.4, -0.2) is 11.4 Å². The summed E-state index contributed by atoms with van der Waals surface area (Å²) in [5, 5.41) is 0. The van der Waals surface area contributed by atoms with E-state index in [1.807, 2.05) is 18.2 Å². The highest BCUT2D eigenvalue weighted by Crippen LogP contribution is 1.73. The molecule has 0 aliphatic carbocycles. The largest absolute Gasteiger partial charge is 0.372 e. The predicted octanol–water partition coefficient (Wildman–Crippen LogP) is 0.183. The third-order valence-electron chi connectivity index (χ3n) is 0.566. The van der Waals surface area contributed by atoms with Crippen LogP contribution in [0.25, 0.3) is 0 Å². The number of carbonyl (C=O) groups excluding carboxylic acids is 1. The van der Waals surface area contributed by atoms with E-state index >= 15 is 0 Å². The summed E-state index contributed by atoms with van der Waals surface area (Å²) < 4.78 is 0. The molecule has 0 saturated heterocycles. The van der Waals surface area contributed by atoms with E-state index in [2.05, 4.69) is 10.7 Å². The molecule has 1 rings (SSSR count). The molecule has 1 amide bonds. The summed E-state index contributed by atoms with van der Waals surface area (Å²) in [4.78, 5) is 12.4. The Morgan fingerprint density at radius 3 is 1.78 bits per heavy atom. The molecule has 0 radical (unpaired) electrons. The molecule has 1 aromatic heterocycles. The Kier molecular flexibility index (Phi) is 5.60. The van der Waals surface area contributed by atoms with Crippen LogP contribution in [0, 0.1) is 0 Å². The van der Waals surface area contributed by atoms with E-state index in [-0.39, 0.29) is 6.41 Å². The molecule has 3 heteroatoms. The van der Waals surface area contributed by atoms with E-state index in [1.165, 1.54) is 0 Å². The van der Waals surface area contributed by atoms with Gasteiger partial charge in [-0.1, -0.05) is 6.07 Å². The fourth-order valence-corrected chi connectivity index (χ4v) is 0.313. The average Bonchev–Trinajstić information content (AvgIpc) is 1.93. The minimum atomic E-state index is 0.250. The maximum Gasteiger partial charge on any atom is 0.204 e. The average molecular weight is 124 g/mol. The molecule has 0 atom stereocenters. The number of rotatable bonds is 0. The summed E-state index contributed by atoms with van der Waals surface area (Å²) in [7, 11) is 0. The SMILES string of the molecule is NC=O.c1ccncc1. The molecule has 0 unspecified atom stereocenters. The van der Waals surface area contributed by atoms with Crippen molar-refractivity contribution < 1.29 is 4.79 Å². The molecule has 1 heterocycles. The van der Waals surface area contributed by atoms with Crippen LogP contribution in [-0.2, 0) is 4.79 Å². The molecule has 0 aromatic carbocycles. The van der Waals surface area contributed by atoms with Gasteiger partial charge >= 0.3 is 0 Å². The molecule has 0 spiro atoms. The van der Waals surface area contributed by atoms with Gasteiger partial charge in [-0.15, -0.1) is 0 Å². The lowest BCUT2D eigenvalue weighted by molar-refractivity contribution is -0.106. The molecule has 0 aliphatic rings. The van der Waals surface area contributed by atoms with Crippen LogP contribution in [0.3, 0.4) is 0 Å². The van der Waals surface area contributed by atoms with Gasteiger partial charge in [-0.2, -0.15) is 0 Å². The second-order valence-electron chi connectivity index (χ2n) is 1.16. The van der Waals surface area contributed by atoms with Crippen molar-refractivity contribution in [1.29, 1.82) is 0 Å². The summed E-state index contributed by atoms with van der Waals surface area (Å²) in [6, 6.07) is 5.72. The zero-order chi connectivity index (χ0) is 6.95. The van der Waals surface area contributed by atoms with Gasteiger partial charge in [-0.05, 0) is 12.1 Å². The number of hydrogen-bond acceptors (Lipinski definition) is 2. The summed E-state index contributed by atoms with van der Waals surface area (Å²) >= 11 is 0. The number of nitrogens with two attached hydrogens (primary N) is 1. The Labute approximate surface area is 53.5 Å². The number of pyridine rings is 1. The lowest BCUT2D eigenvalue weighted by Crippen LogP contribution is -1.82. The fraction of sp³-hybridized carbons (Fsp3) is 0. The first kappa shape index (κ1) is 7.62. The molecule has 48 valence electrons. The van der Waals surface area contributed by atoms with Crippen LogP contribution in [0.1, 0.15) is 0 Å². The van der Waals surface area contributed by atoms with Crippen LogP contribution in [0.2, 0.25) is 0 Å². The van der Waals surface area contributed by atoms with Gasteiger partial charge in [0, 0.05) is 12.4 Å². The second kappa shape index (κ2) is 6.62. The van der Waals surface area contributed by atoms with E-state index in [1.54, 1.807) is 12.4 Å². The summed E-state index contributed by atoms with van der Waals surface area (Å²) in [5.74, 6) is 0. The van der Waals surface area contributed by atoms with Gasteiger partial charge in [-0.3, -0.25) is 9.78 Å². The lowest BCUT2D eigenvalue weighted by atomic mass is 10.5. The zero-order valence-corrected chi connectivity index (χ0v) is 4.90. The Morgan fingerprint density at radius 2 is 1.67 bits per heavy atom. The molecule has 3 nitrogen and oxygen atoms in total. The number of hydrogen-bond donors (Lipinski definition) is 1. The zero-order valence-electron chi connectivity index (χ0n) is 4.90. The van der Waals surface area contributed by atoms with Gasteiger partial charge < -0.3 is 5.73 Å². The van der Waals surface area contributed by atoms with Crippen LogP contribution in [0.15, 0.2) is 30.6 Å². The van der Waals surface area contributed by atoms with E-state index in [4.69, 9.17) is 4.79 Å². The molecule has 9 heavy (non-hydrogen) atoms. The van der Waals surface area contributed by atoms with E-state index in [9.17, 15) is 0 Å². The summed E-state index contributed by atoms with van der Waals surface area (Å²) in [6.07, 6.45) is 3.75. The van der Waals surface area contributed by atoms with Gasteiger partial charge in [0.05, 0.1) is 0 Å². The number of aromatic nitrogens is 1. The maximum absolute atomic E-state index is 8.58. The summed E-state index contributed by atoms with van der Waals surface area (Å²) in [5.41, 5.74) is 4.17. The molecular formula is C6H8N2O. The number of amides is 1. The number of nitrogens with zero attached hydrogens (tertiary/aromatic N) is 1. The molecule has 1 aromatic rings. The predicted molar refractivity (Wildman–Crippen MR) is 34.5 cm³/mol. The highest BCUT2D eigenvalue weighted by Gasteiger charge is 1.58. The van der Waals surface area contributed by atoms with E-state index in [0.717, 1.165) is 0 Å². The Balaban J connectivity index is 0.000000187. The third kappa shape index (κ3) is 6.62. The summed E-state index contributed by atoms with van der Waals surface area (Å²) in [6.45, 7) is 0. The van der Waals surface area contributed by atoms with Crippen LogP contribution >= 0.6 is 0 Å². The van der Waals surface area contributed by atoms with Gasteiger partial charge in [-0.25, -0.2) is 0 Å². The Bertz CT molecular complexity index is 114. The molecule has 0 saturated carbocycles. The molecule has 2 N–H and O–H groups in total. The van der Waals surface area contributed by atoms with Crippen molar-refractivity contribution in [3.8, 4) is 0 Å². The third-order valence-corrected chi connectivity index (χ3v) is 0.566. The van der Waals surface area contributed by atoms with Gasteiger partial charge in [0.2, 0.25) is 6.41 Å². The highest BCUT2D eigenvalue weighted by molar-refractivity contribution is 5.42. The lowest BCUT2D eigenvalue weighted by Gasteiger charge is -1.70. The first-order valence-corrected chi connectivity index (χ1v) is 2.42. The van der Waals surface area contributed by atoms with Gasteiger partial charge in [0.15, 0.2) is 0 Å². The molecule has 0 bridgehead atoms. The smallest absolute Gasteiger partial charge is 0.204 e. The van der Waals surface area contributed by atoms with Crippen molar-refractivity contribution in [2.24, 2.45) is 5.73 Å². The van der Waals surface area contributed by atoms with Crippen molar-refractivity contribution in [3.05, 3.63) is 30.6 Å². The minimum absolute atomic E-state index is 0.250. The van der Waals surface area contributed by atoms with Crippen molar-refractivity contribution in [2.75, 3.05) is 0 Å². The molecular weight excluding hydrogens is 116 g/mol. The van der Waals surface area contributed by atoms with Crippen molar-refractivity contribution >= 4 is 6.41 Å². The number of primary amides is 1. The first-order valence-electron chi connectivity index (χ1n) is 2.42. The van der Waals surface area contributed by atoms with Crippen molar-refractivity contribution in [1.82, 2.24) is 4.98 Å². The maximum atomic E-state index is 8.58. The fourth-order valence-electron chi connectivity index (χ4n) is 0.313. The highest BCUT2D eigenvalue weighted by atomic mass is 16.1. The topological polar surface area (TPSA) is 56.0 Å². The Morgan fingerprint density at radius 1 is 1.22 bits per heavy atom. The standard InChI is InChI=1S/C5H5N.CH3NO/c1-2-4-6-5-3-1;2-1-3/h1-5H;1H,(H2,2,3). The first-order chi connectivity index (χ1) is 4.41. The van der Waals surface area contributed by atoms with Gasteiger partial charge in [0.1, 0.15) is 0 Å². The van der Waals surface area contributed by atoms with Crippen LogP contribution in [0.4, 0.5) is 0 Å². The quantitative estimate of drug-likeness (QED) is 0.502. The molecule has 0 fully saturated rings. The van der Waals surface area contributed by atoms with Crippen LogP contribution in [0.5, 0.6) is 0 Å².